The molecule has 6 nitrogen and oxygen atoms in total. The first-order valence-corrected chi connectivity index (χ1v) is 12.6. The lowest BCUT2D eigenvalue weighted by atomic mass is 10.0. The van der Waals surface area contributed by atoms with Gasteiger partial charge in [0.25, 0.3) is 0 Å². The number of ether oxygens (including phenoxy) is 1. The maximum atomic E-state index is 12.6. The second kappa shape index (κ2) is 9.95. The normalized spacial score (nSPS) is 13.2. The molecule has 34 heavy (non-hydrogen) atoms. The number of carbonyl (C=O) groups excluding carboxylic acids is 1. The van der Waals surface area contributed by atoms with Gasteiger partial charge in [-0.05, 0) is 59.8 Å². The van der Waals surface area contributed by atoms with Crippen molar-refractivity contribution in [2.45, 2.75) is 38.6 Å². The van der Waals surface area contributed by atoms with Crippen molar-refractivity contribution in [3.63, 3.8) is 0 Å². The number of nitrogens with zero attached hydrogens (tertiary/aromatic N) is 2. The summed E-state index contributed by atoms with van der Waals surface area (Å²) in [5, 5.41) is 14.5. The number of benzene rings is 2. The Kier molecular flexibility index (Phi) is 6.60. The molecule has 2 aromatic heterocycles. The van der Waals surface area contributed by atoms with Gasteiger partial charge in [-0.3, -0.25) is 4.68 Å². The highest BCUT2D eigenvalue weighted by atomic mass is 32.1. The molecule has 8 heteroatoms. The summed E-state index contributed by atoms with van der Waals surface area (Å²) in [6.45, 7) is 0.660. The average Bonchev–Trinajstić information content (AvgIpc) is 3.34. The number of anilines is 2. The molecule has 174 valence electrons. The fourth-order valence-corrected chi connectivity index (χ4v) is 6.10. The van der Waals surface area contributed by atoms with E-state index in [9.17, 15) is 4.79 Å². The Morgan fingerprint density at radius 3 is 2.82 bits per heavy atom. The summed E-state index contributed by atoms with van der Waals surface area (Å²) in [5.41, 5.74) is 3.73. The fraction of sp³-hybridized carbons (Fsp3) is 0.269. The third-order valence-electron chi connectivity index (χ3n) is 6.14. The van der Waals surface area contributed by atoms with Crippen molar-refractivity contribution in [3.8, 4) is 0 Å². The Balaban J connectivity index is 1.30. The molecule has 2 aromatic carbocycles. The summed E-state index contributed by atoms with van der Waals surface area (Å²) in [5.74, 6) is -0.312. The first-order valence-electron chi connectivity index (χ1n) is 11.4. The number of nitrogens with one attached hydrogen (secondary N) is 2. The van der Waals surface area contributed by atoms with E-state index in [0.29, 0.717) is 17.2 Å². The highest BCUT2D eigenvalue weighted by molar-refractivity contribution is 7.80. The van der Waals surface area contributed by atoms with Gasteiger partial charge < -0.3 is 15.4 Å². The van der Waals surface area contributed by atoms with Crippen molar-refractivity contribution in [1.82, 2.24) is 9.78 Å². The van der Waals surface area contributed by atoms with Crippen LogP contribution in [0.15, 0.2) is 54.9 Å². The Labute approximate surface area is 207 Å². The highest BCUT2D eigenvalue weighted by Crippen LogP contribution is 2.38. The molecule has 5 rings (SSSR count). The van der Waals surface area contributed by atoms with E-state index in [2.05, 4.69) is 52.1 Å². The van der Waals surface area contributed by atoms with Crippen molar-refractivity contribution in [1.29, 1.82) is 0 Å². The molecule has 0 saturated carbocycles. The van der Waals surface area contributed by atoms with Crippen molar-refractivity contribution in [3.05, 3.63) is 76.4 Å². The van der Waals surface area contributed by atoms with Crippen molar-refractivity contribution < 1.29 is 9.53 Å². The molecule has 1 aliphatic carbocycles. The summed E-state index contributed by atoms with van der Waals surface area (Å²) in [6, 6.07) is 14.7. The molecule has 0 atom stereocenters. The first-order chi connectivity index (χ1) is 16.6. The molecule has 2 heterocycles. The van der Waals surface area contributed by atoms with E-state index in [1.165, 1.54) is 34.7 Å². The van der Waals surface area contributed by atoms with Crippen LogP contribution in [0.3, 0.4) is 0 Å². The smallest absolute Gasteiger partial charge is 0.341 e. The Morgan fingerprint density at radius 1 is 1.12 bits per heavy atom. The lowest BCUT2D eigenvalue weighted by Gasteiger charge is -2.10. The Morgan fingerprint density at radius 2 is 1.94 bits per heavy atom. The summed E-state index contributed by atoms with van der Waals surface area (Å²) >= 11 is 7.17. The maximum absolute atomic E-state index is 12.6. The summed E-state index contributed by atoms with van der Waals surface area (Å²) in [7, 11) is 1.42. The predicted molar refractivity (Wildman–Crippen MR) is 142 cm³/mol. The standard InChI is InChI=1S/C26H26N4O2S2/c1-32-25(31)23-21-12-3-2-4-13-22(21)34-24(23)29-26(33)28-19-14-27-30(16-19)15-18-10-7-9-17-8-5-6-11-20(17)18/h5-11,14,16H,2-4,12-13,15H2,1H3,(H2,28,29,33). The number of aromatic nitrogens is 2. The van der Waals surface area contributed by atoms with E-state index in [-0.39, 0.29) is 5.97 Å². The van der Waals surface area contributed by atoms with Crippen molar-refractivity contribution in [2.24, 2.45) is 0 Å². The van der Waals surface area contributed by atoms with Crippen LogP contribution in [0.1, 0.15) is 45.6 Å². The molecule has 4 aromatic rings. The number of aryl methyl sites for hydroxylation is 1. The summed E-state index contributed by atoms with van der Waals surface area (Å²) < 4.78 is 6.97. The second-order valence-corrected chi connectivity index (χ2v) is 9.92. The number of hydrogen-bond donors (Lipinski definition) is 2. The topological polar surface area (TPSA) is 68.2 Å². The Bertz CT molecular complexity index is 1350. The molecule has 2 N–H and O–H groups in total. The quantitative estimate of drug-likeness (QED) is 0.203. The van der Waals surface area contributed by atoms with Crippen LogP contribution in [-0.4, -0.2) is 28.0 Å². The van der Waals surface area contributed by atoms with Crippen LogP contribution in [0.5, 0.6) is 0 Å². The van der Waals surface area contributed by atoms with Crippen LogP contribution >= 0.6 is 23.6 Å². The van der Waals surface area contributed by atoms with Crippen LogP contribution < -0.4 is 10.6 Å². The second-order valence-electron chi connectivity index (χ2n) is 8.40. The van der Waals surface area contributed by atoms with Crippen molar-refractivity contribution >= 4 is 56.1 Å². The lowest BCUT2D eigenvalue weighted by molar-refractivity contribution is 0.0601. The minimum Gasteiger partial charge on any atom is -0.465 e. The van der Waals surface area contributed by atoms with E-state index < -0.39 is 0 Å². The largest absolute Gasteiger partial charge is 0.465 e. The number of thiocarbonyl (C=S) groups is 1. The van der Waals surface area contributed by atoms with E-state index in [1.807, 2.05) is 16.9 Å². The number of methoxy groups -OCH3 is 1. The van der Waals surface area contributed by atoms with Crippen molar-refractivity contribution in [2.75, 3.05) is 17.7 Å². The van der Waals surface area contributed by atoms with Gasteiger partial charge in [0, 0.05) is 11.1 Å². The van der Waals surface area contributed by atoms with Gasteiger partial charge in [0.15, 0.2) is 5.11 Å². The molecule has 0 amide bonds. The summed E-state index contributed by atoms with van der Waals surface area (Å²) in [6.07, 6.45) is 9.00. The predicted octanol–water partition coefficient (Wildman–Crippen LogP) is 6.01. The van der Waals surface area contributed by atoms with Gasteiger partial charge >= 0.3 is 5.97 Å². The van der Waals surface area contributed by atoms with E-state index in [4.69, 9.17) is 17.0 Å². The first kappa shape index (κ1) is 22.6. The van der Waals surface area contributed by atoms with Gasteiger partial charge in [-0.2, -0.15) is 5.10 Å². The molecular weight excluding hydrogens is 464 g/mol. The third-order valence-corrected chi connectivity index (χ3v) is 7.55. The van der Waals surface area contributed by atoms with Gasteiger partial charge in [0.1, 0.15) is 5.00 Å². The Hall–Kier alpha value is -3.23. The van der Waals surface area contributed by atoms with Crippen LogP contribution in [-0.2, 0) is 24.1 Å². The van der Waals surface area contributed by atoms with Gasteiger partial charge in [-0.25, -0.2) is 4.79 Å². The van der Waals surface area contributed by atoms with Crippen LogP contribution in [0.4, 0.5) is 10.7 Å². The van der Waals surface area contributed by atoms with Crippen LogP contribution in [0, 0.1) is 0 Å². The number of carbonyl (C=O) groups is 1. The van der Waals surface area contributed by atoms with Gasteiger partial charge in [-0.1, -0.05) is 48.9 Å². The van der Waals surface area contributed by atoms with Crippen LogP contribution in [0.2, 0.25) is 0 Å². The molecule has 0 fully saturated rings. The third kappa shape index (κ3) is 4.69. The fourth-order valence-electron chi connectivity index (χ4n) is 4.53. The number of rotatable bonds is 5. The van der Waals surface area contributed by atoms with E-state index in [1.54, 1.807) is 17.5 Å². The van der Waals surface area contributed by atoms with Gasteiger partial charge in [-0.15, -0.1) is 11.3 Å². The van der Waals surface area contributed by atoms with E-state index in [0.717, 1.165) is 41.9 Å². The zero-order chi connectivity index (χ0) is 23.5. The monoisotopic (exact) mass is 490 g/mol. The number of thiophene rings is 1. The van der Waals surface area contributed by atoms with Gasteiger partial charge in [0.2, 0.25) is 0 Å². The molecule has 0 radical (unpaired) electrons. The van der Waals surface area contributed by atoms with Crippen LogP contribution in [0.25, 0.3) is 10.8 Å². The SMILES string of the molecule is COC(=O)c1c(NC(=S)Nc2cnn(Cc3cccc4ccccc34)c2)sc2c1CCCCC2. The zero-order valence-corrected chi connectivity index (χ0v) is 20.6. The minimum absolute atomic E-state index is 0.312. The molecule has 0 unspecified atom stereocenters. The summed E-state index contributed by atoms with van der Waals surface area (Å²) in [4.78, 5) is 13.8. The number of esters is 1. The lowest BCUT2D eigenvalue weighted by Crippen LogP contribution is -2.20. The zero-order valence-electron chi connectivity index (χ0n) is 19.0. The molecule has 0 bridgehead atoms. The molecule has 1 aliphatic rings. The number of hydrogen-bond acceptors (Lipinski definition) is 5. The number of fused-ring (bicyclic) bond motifs is 2. The molecule has 0 aliphatic heterocycles. The molecular formula is C26H26N4O2S2. The van der Waals surface area contributed by atoms with E-state index >= 15 is 0 Å². The minimum atomic E-state index is -0.312. The highest BCUT2D eigenvalue weighted by Gasteiger charge is 2.25. The molecule has 0 spiro atoms. The molecule has 0 saturated heterocycles. The maximum Gasteiger partial charge on any atom is 0.341 e. The van der Waals surface area contributed by atoms with Gasteiger partial charge in [0.05, 0.1) is 31.1 Å². The average molecular weight is 491 g/mol.